The monoisotopic (exact) mass is 386 g/mol. The number of hydrogen-bond donors (Lipinski definition) is 1. The number of rotatable bonds is 9. The number of benzene rings is 2. The molecular formula is C22H27ClN2O2. The lowest BCUT2D eigenvalue weighted by Gasteiger charge is -2.29. The van der Waals surface area contributed by atoms with Crippen LogP contribution in [0.2, 0.25) is 5.02 Å². The van der Waals surface area contributed by atoms with Gasteiger partial charge in [-0.15, -0.1) is 0 Å². The summed E-state index contributed by atoms with van der Waals surface area (Å²) in [5, 5.41) is 3.48. The summed E-state index contributed by atoms with van der Waals surface area (Å²) in [5.41, 5.74) is 1.75. The van der Waals surface area contributed by atoms with Gasteiger partial charge in [-0.2, -0.15) is 0 Å². The van der Waals surface area contributed by atoms with Gasteiger partial charge in [0.05, 0.1) is 6.42 Å². The van der Waals surface area contributed by atoms with Crippen molar-refractivity contribution in [3.63, 3.8) is 0 Å². The normalized spacial score (nSPS) is 11.7. The van der Waals surface area contributed by atoms with Crippen LogP contribution in [0.4, 0.5) is 0 Å². The van der Waals surface area contributed by atoms with E-state index in [0.717, 1.165) is 24.0 Å². The van der Waals surface area contributed by atoms with Gasteiger partial charge in [0.1, 0.15) is 6.04 Å². The van der Waals surface area contributed by atoms with Gasteiger partial charge in [-0.25, -0.2) is 0 Å². The van der Waals surface area contributed by atoms with E-state index in [9.17, 15) is 9.59 Å². The van der Waals surface area contributed by atoms with Crippen molar-refractivity contribution in [3.8, 4) is 0 Å². The zero-order chi connectivity index (χ0) is 19.6. The first-order chi connectivity index (χ1) is 13.0. The van der Waals surface area contributed by atoms with Crippen LogP contribution >= 0.6 is 11.6 Å². The largest absolute Gasteiger partial charge is 0.354 e. The molecule has 0 saturated heterocycles. The molecule has 2 amide bonds. The third-order valence-corrected chi connectivity index (χ3v) is 4.86. The highest BCUT2D eigenvalue weighted by molar-refractivity contribution is 6.31. The van der Waals surface area contributed by atoms with Gasteiger partial charge in [-0.3, -0.25) is 9.59 Å². The minimum Gasteiger partial charge on any atom is -0.354 e. The van der Waals surface area contributed by atoms with E-state index < -0.39 is 6.04 Å². The fraction of sp³-hybridized carbons (Fsp3) is 0.364. The molecule has 0 saturated carbocycles. The summed E-state index contributed by atoms with van der Waals surface area (Å²) in [6.07, 6.45) is 2.09. The van der Waals surface area contributed by atoms with Crippen molar-refractivity contribution in [3.05, 3.63) is 70.7 Å². The average molecular weight is 387 g/mol. The van der Waals surface area contributed by atoms with Crippen molar-refractivity contribution in [2.75, 3.05) is 6.54 Å². The Kier molecular flexibility index (Phi) is 8.34. The van der Waals surface area contributed by atoms with E-state index in [-0.39, 0.29) is 18.2 Å². The SMILES string of the molecule is CCCCNC(=O)C(C)N(Cc1ccccc1)C(=O)Cc1ccccc1Cl. The highest BCUT2D eigenvalue weighted by Crippen LogP contribution is 2.18. The molecule has 1 unspecified atom stereocenters. The summed E-state index contributed by atoms with van der Waals surface area (Å²) in [6, 6.07) is 16.4. The molecule has 2 aromatic rings. The second-order valence-electron chi connectivity index (χ2n) is 6.60. The van der Waals surface area contributed by atoms with E-state index in [4.69, 9.17) is 11.6 Å². The molecule has 0 aliphatic heterocycles. The molecule has 5 heteroatoms. The zero-order valence-electron chi connectivity index (χ0n) is 16.0. The van der Waals surface area contributed by atoms with Crippen molar-refractivity contribution in [1.82, 2.24) is 10.2 Å². The molecule has 2 rings (SSSR count). The van der Waals surface area contributed by atoms with Crippen molar-refractivity contribution >= 4 is 23.4 Å². The van der Waals surface area contributed by atoms with Gasteiger partial charge < -0.3 is 10.2 Å². The summed E-state index contributed by atoms with van der Waals surface area (Å²) in [4.78, 5) is 27.2. The predicted octanol–water partition coefficient (Wildman–Crippen LogP) is 4.22. The standard InChI is InChI=1S/C22H27ClN2O2/c1-3-4-14-24-22(27)17(2)25(16-18-10-6-5-7-11-18)21(26)15-19-12-8-9-13-20(19)23/h5-13,17H,3-4,14-16H2,1-2H3,(H,24,27). The van der Waals surface area contributed by atoms with Crippen LogP contribution in [-0.2, 0) is 22.6 Å². The Bertz CT molecular complexity index is 749. The quantitative estimate of drug-likeness (QED) is 0.656. The number of nitrogens with zero attached hydrogens (tertiary/aromatic N) is 1. The summed E-state index contributed by atoms with van der Waals surface area (Å²) in [6.45, 7) is 4.85. The van der Waals surface area contributed by atoms with Crippen LogP contribution in [0, 0.1) is 0 Å². The summed E-state index contributed by atoms with van der Waals surface area (Å²) >= 11 is 6.21. The molecule has 27 heavy (non-hydrogen) atoms. The average Bonchev–Trinajstić information content (AvgIpc) is 2.68. The molecule has 0 fully saturated rings. The van der Waals surface area contributed by atoms with Crippen LogP contribution in [0.5, 0.6) is 0 Å². The number of carbonyl (C=O) groups is 2. The van der Waals surface area contributed by atoms with Gasteiger partial charge in [0.25, 0.3) is 0 Å². The second-order valence-corrected chi connectivity index (χ2v) is 7.00. The lowest BCUT2D eigenvalue weighted by atomic mass is 10.1. The Balaban J connectivity index is 2.16. The first kappa shape index (κ1) is 21.0. The number of hydrogen-bond acceptors (Lipinski definition) is 2. The van der Waals surface area contributed by atoms with Crippen LogP contribution in [0.3, 0.4) is 0 Å². The Hall–Kier alpha value is -2.33. The highest BCUT2D eigenvalue weighted by Gasteiger charge is 2.26. The topological polar surface area (TPSA) is 49.4 Å². The van der Waals surface area contributed by atoms with Crippen molar-refractivity contribution in [2.24, 2.45) is 0 Å². The first-order valence-electron chi connectivity index (χ1n) is 9.37. The molecule has 1 N–H and O–H groups in total. The van der Waals surface area contributed by atoms with Gasteiger partial charge in [-0.1, -0.05) is 73.5 Å². The number of nitrogens with one attached hydrogen (secondary N) is 1. The van der Waals surface area contributed by atoms with Crippen LogP contribution in [0.1, 0.15) is 37.8 Å². The predicted molar refractivity (Wildman–Crippen MR) is 110 cm³/mol. The first-order valence-corrected chi connectivity index (χ1v) is 9.75. The maximum atomic E-state index is 13.0. The van der Waals surface area contributed by atoms with E-state index in [2.05, 4.69) is 12.2 Å². The number of unbranched alkanes of at least 4 members (excludes halogenated alkanes) is 1. The number of carbonyl (C=O) groups excluding carboxylic acids is 2. The molecule has 0 aromatic heterocycles. The molecule has 0 aliphatic carbocycles. The second kappa shape index (κ2) is 10.7. The Labute approximate surface area is 166 Å². The Morgan fingerprint density at radius 3 is 2.41 bits per heavy atom. The van der Waals surface area contributed by atoms with Gasteiger partial charge in [0, 0.05) is 18.1 Å². The molecular weight excluding hydrogens is 360 g/mol. The van der Waals surface area contributed by atoms with Crippen LogP contribution in [0.15, 0.2) is 54.6 Å². The lowest BCUT2D eigenvalue weighted by Crippen LogP contribution is -2.48. The molecule has 0 spiro atoms. The molecule has 0 bridgehead atoms. The van der Waals surface area contributed by atoms with E-state index >= 15 is 0 Å². The number of halogens is 1. The Morgan fingerprint density at radius 1 is 1.07 bits per heavy atom. The molecule has 2 aromatic carbocycles. The third kappa shape index (κ3) is 6.40. The molecule has 4 nitrogen and oxygen atoms in total. The van der Waals surface area contributed by atoms with Crippen molar-refractivity contribution in [1.29, 1.82) is 0 Å². The maximum Gasteiger partial charge on any atom is 0.242 e. The minimum atomic E-state index is -0.558. The zero-order valence-corrected chi connectivity index (χ0v) is 16.7. The van der Waals surface area contributed by atoms with Crippen molar-refractivity contribution < 1.29 is 9.59 Å². The molecule has 1 atom stereocenters. The minimum absolute atomic E-state index is 0.120. The van der Waals surface area contributed by atoms with E-state index in [1.807, 2.05) is 48.5 Å². The van der Waals surface area contributed by atoms with E-state index in [0.29, 0.717) is 18.1 Å². The summed E-state index contributed by atoms with van der Waals surface area (Å²) in [7, 11) is 0. The van der Waals surface area contributed by atoms with E-state index in [1.54, 1.807) is 17.9 Å². The molecule has 0 aliphatic rings. The van der Waals surface area contributed by atoms with Gasteiger partial charge in [0.15, 0.2) is 0 Å². The highest BCUT2D eigenvalue weighted by atomic mass is 35.5. The molecule has 0 radical (unpaired) electrons. The fourth-order valence-corrected chi connectivity index (χ4v) is 3.01. The maximum absolute atomic E-state index is 13.0. The van der Waals surface area contributed by atoms with Gasteiger partial charge >= 0.3 is 0 Å². The fourth-order valence-electron chi connectivity index (χ4n) is 2.81. The van der Waals surface area contributed by atoms with Gasteiger partial charge in [0.2, 0.25) is 11.8 Å². The molecule has 0 heterocycles. The summed E-state index contributed by atoms with van der Waals surface area (Å²) in [5.74, 6) is -0.253. The lowest BCUT2D eigenvalue weighted by molar-refractivity contribution is -0.140. The summed E-state index contributed by atoms with van der Waals surface area (Å²) < 4.78 is 0. The van der Waals surface area contributed by atoms with Crippen molar-refractivity contribution in [2.45, 2.75) is 45.7 Å². The van der Waals surface area contributed by atoms with Gasteiger partial charge in [-0.05, 0) is 30.5 Å². The number of amides is 2. The van der Waals surface area contributed by atoms with Crippen LogP contribution < -0.4 is 5.32 Å². The van der Waals surface area contributed by atoms with E-state index in [1.165, 1.54) is 0 Å². The molecule has 144 valence electrons. The van der Waals surface area contributed by atoms with Crippen LogP contribution in [0.25, 0.3) is 0 Å². The Morgan fingerprint density at radius 2 is 1.74 bits per heavy atom. The smallest absolute Gasteiger partial charge is 0.242 e. The van der Waals surface area contributed by atoms with Crippen LogP contribution in [-0.4, -0.2) is 29.3 Å². The third-order valence-electron chi connectivity index (χ3n) is 4.49.